The van der Waals surface area contributed by atoms with Crippen LogP contribution in [-0.4, -0.2) is 9.83 Å². The average molecular weight is 328 g/mol. The summed E-state index contributed by atoms with van der Waals surface area (Å²) in [6.07, 6.45) is 1.84. The molecule has 1 N–H and O–H groups in total. The van der Waals surface area contributed by atoms with E-state index in [1.165, 1.54) is 4.88 Å². The van der Waals surface area contributed by atoms with Crippen LogP contribution in [-0.2, 0) is 11.2 Å². The second-order valence-electron chi connectivity index (χ2n) is 2.88. The van der Waals surface area contributed by atoms with E-state index >= 15 is 0 Å². The molecule has 0 saturated heterocycles. The van der Waals surface area contributed by atoms with E-state index in [9.17, 15) is 4.79 Å². The highest BCUT2D eigenvalue weighted by molar-refractivity contribution is 14.1. The van der Waals surface area contributed by atoms with Gasteiger partial charge in [-0.25, -0.2) is 0 Å². The molecular formula is C8H7ClINOS. The van der Waals surface area contributed by atoms with Crippen LogP contribution in [0.3, 0.4) is 0 Å². The van der Waals surface area contributed by atoms with Gasteiger partial charge in [0.2, 0.25) is 5.91 Å². The Bertz CT molecular complexity index is 352. The van der Waals surface area contributed by atoms with Crippen LogP contribution in [0.5, 0.6) is 0 Å². The lowest BCUT2D eigenvalue weighted by Crippen LogP contribution is -2.20. The molecule has 2 nitrogen and oxygen atoms in total. The Hall–Kier alpha value is 0.190. The lowest BCUT2D eigenvalue weighted by Gasteiger charge is -2.03. The zero-order valence-electron chi connectivity index (χ0n) is 6.64. The largest absolute Gasteiger partial charge is 0.324 e. The van der Waals surface area contributed by atoms with Crippen LogP contribution in [0.4, 0.5) is 5.69 Å². The predicted molar refractivity (Wildman–Crippen MR) is 64.1 cm³/mol. The zero-order chi connectivity index (χ0) is 9.42. The standard InChI is InChI=1S/C8H7ClINOS/c9-7-3-5-6(13-7)2-1-4(10)8(12)11-5/h3-4H,1-2H2,(H,11,12). The van der Waals surface area contributed by atoms with Crippen molar-refractivity contribution >= 4 is 57.1 Å². The predicted octanol–water partition coefficient (Wildman–Crippen LogP) is 3.09. The molecule has 1 aliphatic heterocycles. The molecule has 1 aromatic heterocycles. The number of halogens is 2. The Morgan fingerprint density at radius 1 is 1.69 bits per heavy atom. The molecular weight excluding hydrogens is 321 g/mol. The summed E-state index contributed by atoms with van der Waals surface area (Å²) < 4.78 is 0.827. The zero-order valence-corrected chi connectivity index (χ0v) is 10.4. The van der Waals surface area contributed by atoms with Crippen molar-refractivity contribution < 1.29 is 4.79 Å². The van der Waals surface area contributed by atoms with Gasteiger partial charge in [-0.05, 0) is 18.9 Å². The van der Waals surface area contributed by atoms with Crippen molar-refractivity contribution in [3.63, 3.8) is 0 Å². The molecule has 0 radical (unpaired) electrons. The van der Waals surface area contributed by atoms with E-state index in [0.29, 0.717) is 0 Å². The van der Waals surface area contributed by atoms with Crippen LogP contribution >= 0.6 is 45.5 Å². The Kier molecular flexibility index (Phi) is 2.80. The molecule has 1 aliphatic rings. The number of alkyl halides is 1. The van der Waals surface area contributed by atoms with Gasteiger partial charge >= 0.3 is 0 Å². The van der Waals surface area contributed by atoms with Crippen molar-refractivity contribution in [3.05, 3.63) is 15.3 Å². The second kappa shape index (κ2) is 3.74. The first-order valence-corrected chi connectivity index (χ1v) is 6.34. The molecule has 1 unspecified atom stereocenters. The highest BCUT2D eigenvalue weighted by atomic mass is 127. The van der Waals surface area contributed by atoms with Crippen LogP contribution in [0.25, 0.3) is 0 Å². The van der Waals surface area contributed by atoms with Crippen molar-refractivity contribution in [1.82, 2.24) is 0 Å². The molecule has 2 heterocycles. The van der Waals surface area contributed by atoms with Gasteiger partial charge in [0, 0.05) is 4.88 Å². The fourth-order valence-electron chi connectivity index (χ4n) is 1.29. The Balaban J connectivity index is 2.33. The smallest absolute Gasteiger partial charge is 0.237 e. The monoisotopic (exact) mass is 327 g/mol. The maximum Gasteiger partial charge on any atom is 0.237 e. The van der Waals surface area contributed by atoms with Crippen LogP contribution in [0.15, 0.2) is 6.07 Å². The number of hydrogen-bond donors (Lipinski definition) is 1. The van der Waals surface area contributed by atoms with E-state index in [2.05, 4.69) is 27.9 Å². The summed E-state index contributed by atoms with van der Waals surface area (Å²) in [6, 6.07) is 1.83. The molecule has 0 aromatic carbocycles. The summed E-state index contributed by atoms with van der Waals surface area (Å²) in [6.45, 7) is 0. The number of aryl methyl sites for hydroxylation is 1. The van der Waals surface area contributed by atoms with Crippen molar-refractivity contribution in [2.45, 2.75) is 16.8 Å². The van der Waals surface area contributed by atoms with Crippen LogP contribution < -0.4 is 5.32 Å². The van der Waals surface area contributed by atoms with Gasteiger partial charge in [-0.15, -0.1) is 11.3 Å². The summed E-state index contributed by atoms with van der Waals surface area (Å²) in [5.74, 6) is 0.0915. The third-order valence-electron chi connectivity index (χ3n) is 1.95. The number of amides is 1. The number of anilines is 1. The fraction of sp³-hybridized carbons (Fsp3) is 0.375. The number of nitrogens with one attached hydrogen (secondary N) is 1. The van der Waals surface area contributed by atoms with Crippen molar-refractivity contribution in [2.24, 2.45) is 0 Å². The van der Waals surface area contributed by atoms with E-state index in [-0.39, 0.29) is 9.83 Å². The van der Waals surface area contributed by atoms with E-state index in [4.69, 9.17) is 11.6 Å². The molecule has 1 aromatic rings. The van der Waals surface area contributed by atoms with Gasteiger partial charge in [0.15, 0.2) is 0 Å². The molecule has 5 heteroatoms. The number of carbonyl (C=O) groups excluding carboxylic acids is 1. The lowest BCUT2D eigenvalue weighted by atomic mass is 10.2. The Labute approximate surface area is 98.8 Å². The normalized spacial score (nSPS) is 22.0. The van der Waals surface area contributed by atoms with Gasteiger partial charge in [0.25, 0.3) is 0 Å². The van der Waals surface area contributed by atoms with E-state index < -0.39 is 0 Å². The molecule has 0 bridgehead atoms. The topological polar surface area (TPSA) is 29.1 Å². The lowest BCUT2D eigenvalue weighted by molar-refractivity contribution is -0.115. The first-order chi connectivity index (χ1) is 6.16. The average Bonchev–Trinajstić information content (AvgIpc) is 2.36. The first-order valence-electron chi connectivity index (χ1n) is 3.90. The molecule has 1 amide bonds. The molecule has 0 aliphatic carbocycles. The van der Waals surface area contributed by atoms with Crippen LogP contribution in [0, 0.1) is 0 Å². The summed E-state index contributed by atoms with van der Waals surface area (Å²) in [7, 11) is 0. The van der Waals surface area contributed by atoms with Crippen molar-refractivity contribution in [2.75, 3.05) is 5.32 Å². The quantitative estimate of drug-likeness (QED) is 0.576. The Morgan fingerprint density at radius 2 is 2.46 bits per heavy atom. The SMILES string of the molecule is O=C1Nc2cc(Cl)sc2CCC1I. The van der Waals surface area contributed by atoms with Crippen LogP contribution in [0.1, 0.15) is 11.3 Å². The van der Waals surface area contributed by atoms with Crippen LogP contribution in [0.2, 0.25) is 4.34 Å². The van der Waals surface area contributed by atoms with E-state index in [1.54, 1.807) is 11.3 Å². The first kappa shape index (κ1) is 9.73. The highest BCUT2D eigenvalue weighted by Gasteiger charge is 2.22. The van der Waals surface area contributed by atoms with Gasteiger partial charge < -0.3 is 5.32 Å². The maximum atomic E-state index is 11.4. The number of carbonyl (C=O) groups is 1. The number of hydrogen-bond acceptors (Lipinski definition) is 2. The molecule has 1 atom stereocenters. The van der Waals surface area contributed by atoms with Crippen molar-refractivity contribution in [1.29, 1.82) is 0 Å². The van der Waals surface area contributed by atoms with Gasteiger partial charge in [0.05, 0.1) is 13.9 Å². The number of fused-ring (bicyclic) bond motifs is 1. The molecule has 2 rings (SSSR count). The molecule has 70 valence electrons. The minimum Gasteiger partial charge on any atom is -0.324 e. The molecule has 13 heavy (non-hydrogen) atoms. The maximum absolute atomic E-state index is 11.4. The molecule has 0 saturated carbocycles. The van der Waals surface area contributed by atoms with Gasteiger partial charge in [-0.3, -0.25) is 4.79 Å². The summed E-state index contributed by atoms with van der Waals surface area (Å²) >= 11 is 9.58. The molecule has 0 spiro atoms. The minimum atomic E-state index is 0.0796. The fourth-order valence-corrected chi connectivity index (χ4v) is 3.00. The molecule has 0 fully saturated rings. The van der Waals surface area contributed by atoms with E-state index in [0.717, 1.165) is 22.9 Å². The number of thiophene rings is 1. The summed E-state index contributed by atoms with van der Waals surface area (Å²) in [5, 5.41) is 2.87. The van der Waals surface area contributed by atoms with Gasteiger partial charge in [0.1, 0.15) is 0 Å². The highest BCUT2D eigenvalue weighted by Crippen LogP contribution is 2.34. The van der Waals surface area contributed by atoms with Crippen molar-refractivity contribution in [3.8, 4) is 0 Å². The third kappa shape index (κ3) is 1.99. The Morgan fingerprint density at radius 3 is 3.23 bits per heavy atom. The van der Waals surface area contributed by atoms with Gasteiger partial charge in [-0.1, -0.05) is 34.2 Å². The summed E-state index contributed by atoms with van der Waals surface area (Å²) in [4.78, 5) is 12.6. The number of rotatable bonds is 0. The van der Waals surface area contributed by atoms with E-state index in [1.807, 2.05) is 6.07 Å². The summed E-state index contributed by atoms with van der Waals surface area (Å²) in [5.41, 5.74) is 0.902. The second-order valence-corrected chi connectivity index (χ2v) is 6.15. The third-order valence-corrected chi connectivity index (χ3v) is 4.46. The van der Waals surface area contributed by atoms with Gasteiger partial charge in [-0.2, -0.15) is 0 Å². The minimum absolute atomic E-state index is 0.0796.